The Balaban J connectivity index is 2.24. The van der Waals surface area contributed by atoms with Crippen molar-refractivity contribution in [3.63, 3.8) is 0 Å². The second-order valence-corrected chi connectivity index (χ2v) is 5.70. The Morgan fingerprint density at radius 1 is 1.38 bits per heavy atom. The van der Waals surface area contributed by atoms with E-state index in [1.54, 1.807) is 16.8 Å². The van der Waals surface area contributed by atoms with Gasteiger partial charge in [-0.15, -0.1) is 5.10 Å². The minimum atomic E-state index is -0.559. The van der Waals surface area contributed by atoms with Crippen molar-refractivity contribution in [3.05, 3.63) is 41.0 Å². The molecule has 5 nitrogen and oxygen atoms in total. The number of nitrogens with zero attached hydrogens (tertiary/aromatic N) is 2. The fourth-order valence-corrected chi connectivity index (χ4v) is 2.13. The Hall–Kier alpha value is -1.85. The molecule has 0 spiro atoms. The normalized spacial score (nSPS) is 12.5. The number of hydrogen-bond acceptors (Lipinski definition) is 3. The van der Waals surface area contributed by atoms with E-state index in [0.717, 1.165) is 11.4 Å². The lowest BCUT2D eigenvalue weighted by molar-refractivity contribution is -0.118. The van der Waals surface area contributed by atoms with Crippen molar-refractivity contribution in [3.8, 4) is 5.69 Å². The van der Waals surface area contributed by atoms with Gasteiger partial charge in [0.25, 0.3) is 0 Å². The van der Waals surface area contributed by atoms with Crippen LogP contribution in [0.1, 0.15) is 19.5 Å². The molecule has 21 heavy (non-hydrogen) atoms. The van der Waals surface area contributed by atoms with Gasteiger partial charge in [0.05, 0.1) is 16.8 Å². The molecule has 0 saturated carbocycles. The molecular formula is C15H19ClN4O. The summed E-state index contributed by atoms with van der Waals surface area (Å²) in [7, 11) is 0. The summed E-state index contributed by atoms with van der Waals surface area (Å²) in [5, 5.41) is 7.70. The molecule has 112 valence electrons. The van der Waals surface area contributed by atoms with Gasteiger partial charge in [-0.25, -0.2) is 4.68 Å². The molecule has 0 unspecified atom stereocenters. The lowest BCUT2D eigenvalue weighted by atomic mass is 10.1. The Morgan fingerprint density at radius 2 is 2.05 bits per heavy atom. The summed E-state index contributed by atoms with van der Waals surface area (Å²) in [4.78, 5) is 12.0. The molecule has 1 amide bonds. The Bertz CT molecular complexity index is 651. The average Bonchev–Trinajstić information content (AvgIpc) is 2.78. The van der Waals surface area contributed by atoms with E-state index in [1.165, 1.54) is 0 Å². The van der Waals surface area contributed by atoms with E-state index in [0.29, 0.717) is 10.8 Å². The highest BCUT2D eigenvalue weighted by molar-refractivity contribution is 6.32. The number of carbonyl (C=O) groups is 1. The summed E-state index contributed by atoms with van der Waals surface area (Å²) in [6.45, 7) is 5.70. The van der Waals surface area contributed by atoms with Crippen molar-refractivity contribution in [1.29, 1.82) is 0 Å². The first kappa shape index (κ1) is 15.5. The van der Waals surface area contributed by atoms with E-state index >= 15 is 0 Å². The molecule has 0 bridgehead atoms. The molecule has 1 aromatic heterocycles. The van der Waals surface area contributed by atoms with Crippen molar-refractivity contribution >= 4 is 23.3 Å². The summed E-state index contributed by atoms with van der Waals surface area (Å²) >= 11 is 6.17. The molecule has 1 atom stereocenters. The monoisotopic (exact) mass is 306 g/mol. The third kappa shape index (κ3) is 3.43. The summed E-state index contributed by atoms with van der Waals surface area (Å²) in [5.74, 6) is 0.291. The van der Waals surface area contributed by atoms with E-state index in [2.05, 4.69) is 10.4 Å². The van der Waals surface area contributed by atoms with Gasteiger partial charge in [0.1, 0.15) is 0 Å². The van der Waals surface area contributed by atoms with Crippen LogP contribution in [0.15, 0.2) is 30.3 Å². The average molecular weight is 307 g/mol. The van der Waals surface area contributed by atoms with E-state index in [9.17, 15) is 4.79 Å². The SMILES string of the molecule is Cc1cc(NC(=O)[C@@H](N)C(C)C)nn1-c1ccccc1Cl. The van der Waals surface area contributed by atoms with E-state index < -0.39 is 6.04 Å². The molecule has 1 aromatic carbocycles. The highest BCUT2D eigenvalue weighted by Gasteiger charge is 2.19. The topological polar surface area (TPSA) is 72.9 Å². The largest absolute Gasteiger partial charge is 0.320 e. The van der Waals surface area contributed by atoms with Gasteiger partial charge < -0.3 is 11.1 Å². The van der Waals surface area contributed by atoms with Gasteiger partial charge in [0, 0.05) is 11.8 Å². The number of anilines is 1. The number of rotatable bonds is 4. The van der Waals surface area contributed by atoms with E-state index in [1.807, 2.05) is 39.0 Å². The standard InChI is InChI=1S/C15H19ClN4O/c1-9(2)14(17)15(21)18-13-8-10(3)20(19-13)12-7-5-4-6-11(12)16/h4-9,14H,17H2,1-3H3,(H,18,19,21)/t14-/m0/s1. The molecule has 1 heterocycles. The lowest BCUT2D eigenvalue weighted by Gasteiger charge is -2.13. The first-order valence-electron chi connectivity index (χ1n) is 6.78. The third-order valence-electron chi connectivity index (χ3n) is 3.24. The predicted octanol–water partition coefficient (Wildman–Crippen LogP) is 2.76. The fourth-order valence-electron chi connectivity index (χ4n) is 1.92. The lowest BCUT2D eigenvalue weighted by Crippen LogP contribution is -2.39. The summed E-state index contributed by atoms with van der Waals surface area (Å²) < 4.78 is 1.69. The number of hydrogen-bond donors (Lipinski definition) is 2. The molecule has 0 saturated heterocycles. The molecule has 0 aliphatic heterocycles. The molecule has 6 heteroatoms. The van der Waals surface area contributed by atoms with Gasteiger partial charge in [0.2, 0.25) is 5.91 Å². The third-order valence-corrected chi connectivity index (χ3v) is 3.56. The number of carbonyl (C=O) groups excluding carboxylic acids is 1. The molecule has 0 radical (unpaired) electrons. The van der Waals surface area contributed by atoms with Crippen LogP contribution in [-0.2, 0) is 4.79 Å². The summed E-state index contributed by atoms with van der Waals surface area (Å²) in [6, 6.07) is 8.63. The maximum absolute atomic E-state index is 12.0. The number of nitrogens with one attached hydrogen (secondary N) is 1. The van der Waals surface area contributed by atoms with Crippen LogP contribution >= 0.6 is 11.6 Å². The number of aryl methyl sites for hydroxylation is 1. The number of para-hydroxylation sites is 1. The molecule has 0 aliphatic rings. The highest BCUT2D eigenvalue weighted by atomic mass is 35.5. The Kier molecular flexibility index (Phi) is 4.65. The van der Waals surface area contributed by atoms with Crippen LogP contribution in [0.5, 0.6) is 0 Å². The van der Waals surface area contributed by atoms with Crippen LogP contribution in [0, 0.1) is 12.8 Å². The Morgan fingerprint density at radius 3 is 2.67 bits per heavy atom. The quantitative estimate of drug-likeness (QED) is 0.912. The van der Waals surface area contributed by atoms with E-state index in [4.69, 9.17) is 17.3 Å². The van der Waals surface area contributed by atoms with Crippen LogP contribution in [0.4, 0.5) is 5.82 Å². The van der Waals surface area contributed by atoms with Gasteiger partial charge in [-0.05, 0) is 25.0 Å². The number of aromatic nitrogens is 2. The number of benzene rings is 1. The molecule has 3 N–H and O–H groups in total. The highest BCUT2D eigenvalue weighted by Crippen LogP contribution is 2.22. The first-order valence-corrected chi connectivity index (χ1v) is 7.16. The molecule has 2 aromatic rings. The maximum atomic E-state index is 12.0. The number of nitrogens with two attached hydrogens (primary N) is 1. The minimum absolute atomic E-state index is 0.0664. The van der Waals surface area contributed by atoms with Crippen LogP contribution in [0.2, 0.25) is 5.02 Å². The summed E-state index contributed by atoms with van der Waals surface area (Å²) in [5.41, 5.74) is 7.46. The zero-order valence-corrected chi connectivity index (χ0v) is 13.1. The molecular weight excluding hydrogens is 288 g/mol. The van der Waals surface area contributed by atoms with Crippen molar-refractivity contribution in [1.82, 2.24) is 9.78 Å². The first-order chi connectivity index (χ1) is 9.90. The van der Waals surface area contributed by atoms with Crippen molar-refractivity contribution in [2.75, 3.05) is 5.32 Å². The molecule has 0 fully saturated rings. The van der Waals surface area contributed by atoms with E-state index in [-0.39, 0.29) is 11.8 Å². The van der Waals surface area contributed by atoms with Gasteiger partial charge in [-0.1, -0.05) is 37.6 Å². The number of halogens is 1. The zero-order valence-electron chi connectivity index (χ0n) is 12.3. The van der Waals surface area contributed by atoms with Crippen LogP contribution < -0.4 is 11.1 Å². The van der Waals surface area contributed by atoms with Crippen molar-refractivity contribution < 1.29 is 4.79 Å². The van der Waals surface area contributed by atoms with Crippen LogP contribution in [0.25, 0.3) is 5.69 Å². The fraction of sp³-hybridized carbons (Fsp3) is 0.333. The van der Waals surface area contributed by atoms with Crippen LogP contribution in [-0.4, -0.2) is 21.7 Å². The van der Waals surface area contributed by atoms with Gasteiger partial charge in [-0.3, -0.25) is 4.79 Å². The zero-order chi connectivity index (χ0) is 15.6. The molecule has 0 aliphatic carbocycles. The minimum Gasteiger partial charge on any atom is -0.320 e. The second-order valence-electron chi connectivity index (χ2n) is 5.29. The predicted molar refractivity (Wildman–Crippen MR) is 84.8 cm³/mol. The van der Waals surface area contributed by atoms with Gasteiger partial charge in [0.15, 0.2) is 5.82 Å². The number of amides is 1. The molecule has 2 rings (SSSR count). The van der Waals surface area contributed by atoms with Gasteiger partial charge in [-0.2, -0.15) is 0 Å². The van der Waals surface area contributed by atoms with Gasteiger partial charge >= 0.3 is 0 Å². The smallest absolute Gasteiger partial charge is 0.242 e. The Labute approximate surface area is 129 Å². The van der Waals surface area contributed by atoms with Crippen molar-refractivity contribution in [2.45, 2.75) is 26.8 Å². The van der Waals surface area contributed by atoms with Crippen LogP contribution in [0.3, 0.4) is 0 Å². The maximum Gasteiger partial charge on any atom is 0.242 e. The summed E-state index contributed by atoms with van der Waals surface area (Å²) in [6.07, 6.45) is 0. The van der Waals surface area contributed by atoms with Crippen molar-refractivity contribution in [2.24, 2.45) is 11.7 Å². The second kappa shape index (κ2) is 6.28.